The molecule has 0 unspecified atom stereocenters. The van der Waals surface area contributed by atoms with Gasteiger partial charge in [0.1, 0.15) is 6.10 Å². The van der Waals surface area contributed by atoms with Crippen molar-refractivity contribution in [2.45, 2.75) is 64.1 Å². The van der Waals surface area contributed by atoms with Crippen LogP contribution >= 0.6 is 0 Å². The molecule has 3 atom stereocenters. The first kappa shape index (κ1) is 16.8. The van der Waals surface area contributed by atoms with Gasteiger partial charge in [-0.3, -0.25) is 9.59 Å². The van der Waals surface area contributed by atoms with Gasteiger partial charge in [0.25, 0.3) is 0 Å². The highest BCUT2D eigenvalue weighted by Gasteiger charge is 2.50. The van der Waals surface area contributed by atoms with Crippen molar-refractivity contribution in [2.24, 2.45) is 0 Å². The van der Waals surface area contributed by atoms with Gasteiger partial charge in [-0.1, -0.05) is 20.8 Å². The second kappa shape index (κ2) is 5.65. The quantitative estimate of drug-likeness (QED) is 0.476. The number of hydrogen-bond donors (Lipinski definition) is 1. The van der Waals surface area contributed by atoms with Gasteiger partial charge in [0.2, 0.25) is 5.91 Å². The fourth-order valence-electron chi connectivity index (χ4n) is 1.72. The maximum Gasteiger partial charge on any atom is 0.332 e. The Morgan fingerprint density at radius 2 is 1.95 bits per heavy atom. The molecule has 1 fully saturated rings. The van der Waals surface area contributed by atoms with Crippen LogP contribution in [-0.2, 0) is 23.5 Å². The number of amides is 1. The second-order valence-corrected chi connectivity index (χ2v) is 11.3. The van der Waals surface area contributed by atoms with E-state index < -0.39 is 32.5 Å². The standard InChI is InChI=1S/C13H23NO5Si/c1-8(16)14-10-11(9(7-15)18-12(10)17)19-20(5,6)13(2,3)4/h7,9-11H,1-6H3,(H,14,16)/t9-,10+,11+/m1/s1. The van der Waals surface area contributed by atoms with Crippen LogP contribution in [-0.4, -0.2) is 44.7 Å². The Kier molecular flexibility index (Phi) is 4.76. The SMILES string of the molecule is CC(=O)N[C@@H]1C(=O)O[C@H](C=O)[C@@H]1O[Si](C)(C)C(C)(C)C. The third kappa shape index (κ3) is 3.46. The number of ether oxygens (including phenoxy) is 1. The maximum absolute atomic E-state index is 11.8. The molecule has 1 heterocycles. The van der Waals surface area contributed by atoms with Gasteiger partial charge in [-0.2, -0.15) is 0 Å². The minimum absolute atomic E-state index is 0.0765. The van der Waals surface area contributed by atoms with Crippen molar-refractivity contribution in [3.63, 3.8) is 0 Å². The molecule has 1 saturated heterocycles. The molecule has 20 heavy (non-hydrogen) atoms. The Morgan fingerprint density at radius 3 is 2.35 bits per heavy atom. The minimum Gasteiger partial charge on any atom is -0.450 e. The molecule has 0 radical (unpaired) electrons. The summed E-state index contributed by atoms with van der Waals surface area (Å²) < 4.78 is 11.1. The average molecular weight is 301 g/mol. The highest BCUT2D eigenvalue weighted by molar-refractivity contribution is 6.74. The molecule has 1 aliphatic heterocycles. The molecule has 0 aromatic carbocycles. The lowest BCUT2D eigenvalue weighted by Gasteiger charge is -2.39. The lowest BCUT2D eigenvalue weighted by molar-refractivity contribution is -0.146. The number of nitrogens with one attached hydrogen (secondary N) is 1. The number of carbonyl (C=O) groups excluding carboxylic acids is 3. The lowest BCUT2D eigenvalue weighted by atomic mass is 10.1. The Hall–Kier alpha value is -1.21. The van der Waals surface area contributed by atoms with Gasteiger partial charge >= 0.3 is 5.97 Å². The van der Waals surface area contributed by atoms with E-state index in [1.165, 1.54) is 6.92 Å². The smallest absolute Gasteiger partial charge is 0.332 e. The predicted molar refractivity (Wildman–Crippen MR) is 75.6 cm³/mol. The van der Waals surface area contributed by atoms with Crippen molar-refractivity contribution >= 4 is 26.5 Å². The summed E-state index contributed by atoms with van der Waals surface area (Å²) in [5.74, 6) is -0.983. The topological polar surface area (TPSA) is 81.7 Å². The van der Waals surface area contributed by atoms with Gasteiger partial charge in [-0.25, -0.2) is 4.79 Å². The first-order chi connectivity index (χ1) is 8.99. The summed E-state index contributed by atoms with van der Waals surface area (Å²) in [6, 6.07) is -0.920. The maximum atomic E-state index is 11.8. The van der Waals surface area contributed by atoms with Crippen molar-refractivity contribution in [1.29, 1.82) is 0 Å². The minimum atomic E-state index is -2.19. The number of esters is 1. The fraction of sp³-hybridized carbons (Fsp3) is 0.769. The van der Waals surface area contributed by atoms with E-state index in [4.69, 9.17) is 9.16 Å². The van der Waals surface area contributed by atoms with Crippen molar-refractivity contribution in [2.75, 3.05) is 0 Å². The number of hydrogen-bond acceptors (Lipinski definition) is 5. The molecule has 0 aromatic heterocycles. The highest BCUT2D eigenvalue weighted by Crippen LogP contribution is 2.38. The largest absolute Gasteiger partial charge is 0.450 e. The average Bonchev–Trinajstić information content (AvgIpc) is 2.54. The third-order valence-corrected chi connectivity index (χ3v) is 8.36. The van der Waals surface area contributed by atoms with Crippen LogP contribution in [0.5, 0.6) is 0 Å². The summed E-state index contributed by atoms with van der Waals surface area (Å²) in [4.78, 5) is 34.0. The number of carbonyl (C=O) groups is 3. The van der Waals surface area contributed by atoms with E-state index in [-0.39, 0.29) is 10.9 Å². The van der Waals surface area contributed by atoms with Crippen LogP contribution in [0.3, 0.4) is 0 Å². The van der Waals surface area contributed by atoms with Gasteiger partial charge in [-0.15, -0.1) is 0 Å². The van der Waals surface area contributed by atoms with E-state index in [9.17, 15) is 14.4 Å². The van der Waals surface area contributed by atoms with Crippen LogP contribution in [0, 0.1) is 0 Å². The van der Waals surface area contributed by atoms with Crippen molar-refractivity contribution in [3.8, 4) is 0 Å². The Bertz CT molecular complexity index is 415. The normalized spacial score (nSPS) is 27.1. The Balaban J connectivity index is 2.99. The van der Waals surface area contributed by atoms with Gasteiger partial charge in [0, 0.05) is 6.92 Å². The molecule has 0 saturated carbocycles. The Labute approximate surface area is 120 Å². The zero-order valence-electron chi connectivity index (χ0n) is 12.9. The monoisotopic (exact) mass is 301 g/mol. The van der Waals surface area contributed by atoms with E-state index in [1.54, 1.807) is 0 Å². The number of aldehydes is 1. The third-order valence-electron chi connectivity index (χ3n) is 3.89. The summed E-state index contributed by atoms with van der Waals surface area (Å²) in [6.45, 7) is 11.5. The lowest BCUT2D eigenvalue weighted by Crippen LogP contribution is -2.53. The van der Waals surface area contributed by atoms with E-state index in [1.807, 2.05) is 13.1 Å². The Morgan fingerprint density at radius 1 is 1.40 bits per heavy atom. The van der Waals surface area contributed by atoms with Crippen molar-refractivity contribution in [3.05, 3.63) is 0 Å². The van der Waals surface area contributed by atoms with Crippen LogP contribution in [0.25, 0.3) is 0 Å². The molecule has 7 heteroatoms. The molecule has 1 aliphatic rings. The van der Waals surface area contributed by atoms with Gasteiger partial charge in [0.05, 0.1) is 0 Å². The highest BCUT2D eigenvalue weighted by atomic mass is 28.4. The van der Waals surface area contributed by atoms with Gasteiger partial charge < -0.3 is 14.5 Å². The summed E-state index contributed by atoms with van der Waals surface area (Å²) in [6.07, 6.45) is -1.17. The van der Waals surface area contributed by atoms with Crippen molar-refractivity contribution < 1.29 is 23.5 Å². The zero-order valence-corrected chi connectivity index (χ0v) is 13.9. The molecule has 0 aliphatic carbocycles. The molecular weight excluding hydrogens is 278 g/mol. The second-order valence-electron chi connectivity index (χ2n) is 6.56. The molecule has 0 spiro atoms. The summed E-state index contributed by atoms with van der Waals surface area (Å²) in [7, 11) is -2.19. The van der Waals surface area contributed by atoms with Crippen LogP contribution in [0.15, 0.2) is 0 Å². The first-order valence-corrected chi connectivity index (χ1v) is 9.51. The molecule has 114 valence electrons. The predicted octanol–water partition coefficient (Wildman–Crippen LogP) is 1.01. The van der Waals surface area contributed by atoms with E-state index in [2.05, 4.69) is 26.1 Å². The van der Waals surface area contributed by atoms with E-state index in [0.29, 0.717) is 6.29 Å². The van der Waals surface area contributed by atoms with Crippen LogP contribution in [0.2, 0.25) is 18.1 Å². The molecule has 0 aromatic rings. The molecule has 1 rings (SSSR count). The van der Waals surface area contributed by atoms with Crippen LogP contribution in [0.4, 0.5) is 0 Å². The van der Waals surface area contributed by atoms with Crippen LogP contribution in [0.1, 0.15) is 27.7 Å². The van der Waals surface area contributed by atoms with Crippen molar-refractivity contribution in [1.82, 2.24) is 5.32 Å². The van der Waals surface area contributed by atoms with Gasteiger partial charge in [-0.05, 0) is 18.1 Å². The molecule has 1 N–H and O–H groups in total. The summed E-state index contributed by atoms with van der Waals surface area (Å²) in [5.41, 5.74) is 0. The first-order valence-electron chi connectivity index (χ1n) is 6.60. The number of rotatable bonds is 4. The summed E-state index contributed by atoms with van der Waals surface area (Å²) in [5, 5.41) is 2.43. The van der Waals surface area contributed by atoms with Gasteiger partial charge in [0.15, 0.2) is 26.7 Å². The van der Waals surface area contributed by atoms with E-state index in [0.717, 1.165) is 0 Å². The zero-order chi connectivity index (χ0) is 15.7. The fourth-order valence-corrected chi connectivity index (χ4v) is 3.02. The molecule has 1 amide bonds. The molecule has 6 nitrogen and oxygen atoms in total. The van der Waals surface area contributed by atoms with Crippen LogP contribution < -0.4 is 5.32 Å². The number of cyclic esters (lactones) is 1. The molecule has 0 bridgehead atoms. The van der Waals surface area contributed by atoms with E-state index >= 15 is 0 Å². The molecular formula is C13H23NO5Si. The summed E-state index contributed by atoms with van der Waals surface area (Å²) >= 11 is 0.